The lowest BCUT2D eigenvalue weighted by molar-refractivity contribution is 1.22. The molecular formula is C34H18B2N2S2. The van der Waals surface area contributed by atoms with E-state index in [1.807, 2.05) is 23.5 Å². The molecule has 182 valence electrons. The SMILES string of the molecule is c1cc2c3c(c1)-c1cccc4ccn(c14)B3c1c(ccc3c1B1c4c(cccc4-c4cccc5ccn1c45)S3)S2. The second-order valence-electron chi connectivity index (χ2n) is 11.3. The van der Waals surface area contributed by atoms with E-state index in [9.17, 15) is 0 Å². The van der Waals surface area contributed by atoms with E-state index in [4.69, 9.17) is 0 Å². The van der Waals surface area contributed by atoms with Crippen LogP contribution in [0.2, 0.25) is 0 Å². The number of para-hydroxylation sites is 2. The molecule has 0 amide bonds. The summed E-state index contributed by atoms with van der Waals surface area (Å²) in [5.41, 5.74) is 14.1. The third-order valence-corrected chi connectivity index (χ3v) is 11.8. The molecular weight excluding hydrogens is 522 g/mol. The number of hydrogen-bond acceptors (Lipinski definition) is 2. The van der Waals surface area contributed by atoms with Gasteiger partial charge in [0, 0.05) is 41.7 Å². The first-order chi connectivity index (χ1) is 19.8. The predicted molar refractivity (Wildman–Crippen MR) is 170 cm³/mol. The molecule has 0 unspecified atom stereocenters. The zero-order valence-corrected chi connectivity index (χ0v) is 22.9. The maximum absolute atomic E-state index is 2.57. The summed E-state index contributed by atoms with van der Waals surface area (Å²) in [5.74, 6) is 0. The first kappa shape index (κ1) is 20.8. The van der Waals surface area contributed by atoms with E-state index >= 15 is 0 Å². The number of fused-ring (bicyclic) bond motifs is 9. The van der Waals surface area contributed by atoms with Gasteiger partial charge >= 0.3 is 13.7 Å². The molecule has 0 spiro atoms. The van der Waals surface area contributed by atoms with Gasteiger partial charge in [0.25, 0.3) is 0 Å². The van der Waals surface area contributed by atoms with Crippen molar-refractivity contribution in [2.75, 3.05) is 0 Å². The van der Waals surface area contributed by atoms with Crippen LogP contribution in [0.5, 0.6) is 0 Å². The van der Waals surface area contributed by atoms with Crippen LogP contribution in [0.3, 0.4) is 0 Å². The first-order valence-corrected chi connectivity index (χ1v) is 15.5. The Labute approximate surface area is 240 Å². The van der Waals surface area contributed by atoms with Crippen LogP contribution in [0.15, 0.2) is 129 Å². The normalized spacial score (nSPS) is 14.7. The number of nitrogens with zero attached hydrogens (tertiary/aromatic N) is 2. The first-order valence-electron chi connectivity index (χ1n) is 13.8. The molecule has 6 heteroatoms. The van der Waals surface area contributed by atoms with Gasteiger partial charge < -0.3 is 8.96 Å². The molecule has 4 aliphatic rings. The van der Waals surface area contributed by atoms with Crippen molar-refractivity contribution < 1.29 is 0 Å². The van der Waals surface area contributed by atoms with Crippen LogP contribution < -0.4 is 21.9 Å². The van der Waals surface area contributed by atoms with Gasteiger partial charge in [-0.1, -0.05) is 84.2 Å². The van der Waals surface area contributed by atoms with Crippen LogP contribution in [0.4, 0.5) is 0 Å². The third-order valence-electron chi connectivity index (χ3n) is 9.49. The van der Waals surface area contributed by atoms with Crippen LogP contribution in [0.25, 0.3) is 44.1 Å². The lowest BCUT2D eigenvalue weighted by atomic mass is 9.38. The Morgan fingerprint density at radius 1 is 0.400 bits per heavy atom. The summed E-state index contributed by atoms with van der Waals surface area (Å²) in [6.07, 6.45) is 4.66. The molecule has 0 N–H and O–H groups in total. The molecule has 40 heavy (non-hydrogen) atoms. The number of hydrogen-bond donors (Lipinski definition) is 0. The Hall–Kier alpha value is -3.99. The van der Waals surface area contributed by atoms with Gasteiger partial charge in [0.05, 0.1) is 0 Å². The van der Waals surface area contributed by atoms with E-state index in [1.165, 1.54) is 85.5 Å². The van der Waals surface area contributed by atoms with Gasteiger partial charge in [0.2, 0.25) is 0 Å². The maximum atomic E-state index is 2.57. The van der Waals surface area contributed by atoms with E-state index < -0.39 is 0 Å². The minimum absolute atomic E-state index is 0.155. The number of aromatic nitrogens is 2. The Balaban J connectivity index is 1.29. The van der Waals surface area contributed by atoms with Crippen molar-refractivity contribution in [3.63, 3.8) is 0 Å². The molecule has 0 saturated heterocycles. The van der Waals surface area contributed by atoms with Gasteiger partial charge in [-0.2, -0.15) is 0 Å². The average molecular weight is 540 g/mol. The van der Waals surface area contributed by atoms with Crippen molar-refractivity contribution in [3.8, 4) is 22.3 Å². The monoisotopic (exact) mass is 540 g/mol. The molecule has 0 fully saturated rings. The van der Waals surface area contributed by atoms with Gasteiger partial charge in [-0.15, -0.1) is 0 Å². The molecule has 6 heterocycles. The minimum atomic E-state index is 0.155. The molecule has 0 saturated carbocycles. The van der Waals surface area contributed by atoms with E-state index in [2.05, 4.69) is 118 Å². The Kier molecular flexibility index (Phi) is 3.65. The van der Waals surface area contributed by atoms with Crippen LogP contribution >= 0.6 is 23.5 Å². The van der Waals surface area contributed by atoms with Crippen LogP contribution in [-0.4, -0.2) is 22.7 Å². The van der Waals surface area contributed by atoms with Gasteiger partial charge in [-0.3, -0.25) is 0 Å². The summed E-state index contributed by atoms with van der Waals surface area (Å²) in [7, 11) is 0. The molecule has 7 aromatic rings. The summed E-state index contributed by atoms with van der Waals surface area (Å²) in [6, 6.07) is 36.7. The standard InChI is InChI=1S/C34H18B2N2S2/c1-5-19-15-17-37-33(19)23(9-1)21-7-3-11-25-29(21)35(37)31-27(39-25)13-14-28-32(31)36-30-22(8-4-12-26(30)40-28)24-10-2-6-20-16-18-38(36)34(20)24/h1-18H. The Morgan fingerprint density at radius 3 is 1.32 bits per heavy atom. The zero-order valence-electron chi connectivity index (χ0n) is 21.3. The Bertz CT molecular complexity index is 2150. The molecule has 2 nitrogen and oxygen atoms in total. The molecule has 0 radical (unpaired) electrons. The number of rotatable bonds is 0. The quantitative estimate of drug-likeness (QED) is 0.225. The highest BCUT2D eigenvalue weighted by Gasteiger charge is 2.46. The predicted octanol–water partition coefficient (Wildman–Crippen LogP) is 5.79. The van der Waals surface area contributed by atoms with E-state index in [0.29, 0.717) is 0 Å². The molecule has 0 bridgehead atoms. The fraction of sp³-hybridized carbons (Fsp3) is 0. The summed E-state index contributed by atoms with van der Waals surface area (Å²) in [6.45, 7) is 0.310. The Morgan fingerprint density at radius 2 is 0.825 bits per heavy atom. The molecule has 0 atom stereocenters. The molecule has 5 aromatic carbocycles. The largest absolute Gasteiger partial charge is 0.382 e. The topological polar surface area (TPSA) is 9.86 Å². The van der Waals surface area contributed by atoms with Crippen molar-refractivity contribution in [1.82, 2.24) is 8.96 Å². The van der Waals surface area contributed by atoms with E-state index in [1.54, 1.807) is 0 Å². The van der Waals surface area contributed by atoms with Crippen molar-refractivity contribution in [2.24, 2.45) is 0 Å². The van der Waals surface area contributed by atoms with Gasteiger partial charge in [0.1, 0.15) is 0 Å². The smallest absolute Gasteiger partial charge is 0.330 e. The average Bonchev–Trinajstić information content (AvgIpc) is 3.63. The van der Waals surface area contributed by atoms with Gasteiger partial charge in [-0.25, -0.2) is 0 Å². The number of benzene rings is 5. The highest BCUT2D eigenvalue weighted by atomic mass is 32.2. The van der Waals surface area contributed by atoms with Crippen molar-refractivity contribution in [2.45, 2.75) is 19.6 Å². The van der Waals surface area contributed by atoms with Crippen molar-refractivity contribution in [1.29, 1.82) is 0 Å². The lowest BCUT2D eigenvalue weighted by Crippen LogP contribution is -2.67. The van der Waals surface area contributed by atoms with Gasteiger partial charge in [0.15, 0.2) is 0 Å². The van der Waals surface area contributed by atoms with E-state index in [-0.39, 0.29) is 13.7 Å². The van der Waals surface area contributed by atoms with Crippen LogP contribution in [0, 0.1) is 0 Å². The van der Waals surface area contributed by atoms with Crippen molar-refractivity contribution in [3.05, 3.63) is 109 Å². The second-order valence-corrected chi connectivity index (χ2v) is 13.4. The molecule has 2 aromatic heterocycles. The molecule has 4 aliphatic heterocycles. The minimum Gasteiger partial charge on any atom is -0.382 e. The highest BCUT2D eigenvalue weighted by molar-refractivity contribution is 8.00. The molecule has 0 aliphatic carbocycles. The second kappa shape index (κ2) is 7.01. The maximum Gasteiger partial charge on any atom is 0.330 e. The summed E-state index contributed by atoms with van der Waals surface area (Å²) in [4.78, 5) is 5.54. The third kappa shape index (κ3) is 2.30. The summed E-state index contributed by atoms with van der Waals surface area (Å²) < 4.78 is 5.15. The fourth-order valence-corrected chi connectivity index (χ4v) is 10.4. The highest BCUT2D eigenvalue weighted by Crippen LogP contribution is 2.43. The van der Waals surface area contributed by atoms with Crippen LogP contribution in [0.1, 0.15) is 0 Å². The summed E-state index contributed by atoms with van der Waals surface area (Å²) in [5, 5.41) is 2.64. The lowest BCUT2D eigenvalue weighted by Gasteiger charge is -2.39. The fourth-order valence-electron chi connectivity index (χ4n) is 8.02. The van der Waals surface area contributed by atoms with Gasteiger partial charge in [-0.05, 0) is 92.5 Å². The van der Waals surface area contributed by atoms with E-state index in [0.717, 1.165) is 0 Å². The zero-order chi connectivity index (χ0) is 25.7. The van der Waals surface area contributed by atoms with Crippen LogP contribution in [-0.2, 0) is 0 Å². The summed E-state index contributed by atoms with van der Waals surface area (Å²) >= 11 is 3.91. The van der Waals surface area contributed by atoms with Crippen molar-refractivity contribution >= 4 is 80.9 Å². The molecule has 11 rings (SSSR count).